The molecule has 0 bridgehead atoms. The minimum atomic E-state index is -0.0620. The normalized spacial score (nSPS) is 11.4. The molecule has 0 saturated carbocycles. The summed E-state index contributed by atoms with van der Waals surface area (Å²) in [5, 5.41) is 12.4. The van der Waals surface area contributed by atoms with Gasteiger partial charge in [-0.15, -0.1) is 0 Å². The highest BCUT2D eigenvalue weighted by Gasteiger charge is 2.13. The van der Waals surface area contributed by atoms with Crippen LogP contribution in [0, 0.1) is 11.3 Å². The van der Waals surface area contributed by atoms with E-state index >= 15 is 0 Å². The second-order valence-electron chi connectivity index (χ2n) is 5.63. The van der Waals surface area contributed by atoms with E-state index < -0.39 is 0 Å². The first-order valence-electron chi connectivity index (χ1n) is 8.56. The Labute approximate surface area is 148 Å². The van der Waals surface area contributed by atoms with Gasteiger partial charge in [-0.05, 0) is 37.5 Å². The summed E-state index contributed by atoms with van der Waals surface area (Å²) in [7, 11) is 0. The molecule has 0 saturated heterocycles. The van der Waals surface area contributed by atoms with E-state index in [2.05, 4.69) is 29.1 Å². The fourth-order valence-electron chi connectivity index (χ4n) is 2.26. The molecule has 6 nitrogen and oxygen atoms in total. The molecule has 1 unspecified atom stereocenters. The Morgan fingerprint density at radius 2 is 1.76 bits per heavy atom. The Kier molecular flexibility index (Phi) is 7.02. The number of hydrogen-bond donors (Lipinski definition) is 1. The van der Waals surface area contributed by atoms with Gasteiger partial charge >= 0.3 is 0 Å². The van der Waals surface area contributed by atoms with Gasteiger partial charge in [0.25, 0.3) is 0 Å². The van der Waals surface area contributed by atoms with Gasteiger partial charge in [0.1, 0.15) is 6.07 Å². The SMILES string of the molecule is CCCOc1ccc(C(C)Nc2nccnc2C#N)cc1OCCC. The Morgan fingerprint density at radius 1 is 1.08 bits per heavy atom. The summed E-state index contributed by atoms with van der Waals surface area (Å²) in [6.07, 6.45) is 4.94. The molecule has 0 aliphatic heterocycles. The highest BCUT2D eigenvalue weighted by atomic mass is 16.5. The van der Waals surface area contributed by atoms with Crippen LogP contribution in [0.1, 0.15) is 50.9 Å². The van der Waals surface area contributed by atoms with Crippen LogP contribution in [0.3, 0.4) is 0 Å². The first kappa shape index (κ1) is 18.5. The molecule has 25 heavy (non-hydrogen) atoms. The van der Waals surface area contributed by atoms with Gasteiger partial charge in [-0.2, -0.15) is 5.26 Å². The van der Waals surface area contributed by atoms with Crippen molar-refractivity contribution in [1.29, 1.82) is 5.26 Å². The standard InChI is InChI=1S/C19H24N4O2/c1-4-10-24-17-7-6-15(12-18(17)25-11-5-2)14(3)23-19-16(13-20)21-8-9-22-19/h6-9,12,14H,4-5,10-11H2,1-3H3,(H,22,23). The topological polar surface area (TPSA) is 80.1 Å². The zero-order valence-electron chi connectivity index (χ0n) is 15.0. The van der Waals surface area contributed by atoms with E-state index in [4.69, 9.17) is 14.7 Å². The van der Waals surface area contributed by atoms with Crippen LogP contribution in [0.4, 0.5) is 5.82 Å². The second kappa shape index (κ2) is 9.48. The predicted octanol–water partition coefficient (Wildman–Crippen LogP) is 4.10. The van der Waals surface area contributed by atoms with Crippen LogP contribution in [0.15, 0.2) is 30.6 Å². The molecule has 0 spiro atoms. The Bertz CT molecular complexity index is 728. The monoisotopic (exact) mass is 340 g/mol. The average molecular weight is 340 g/mol. The quantitative estimate of drug-likeness (QED) is 0.740. The van der Waals surface area contributed by atoms with Gasteiger partial charge in [0.15, 0.2) is 23.0 Å². The van der Waals surface area contributed by atoms with Crippen molar-refractivity contribution < 1.29 is 9.47 Å². The molecule has 0 amide bonds. The molecule has 1 N–H and O–H groups in total. The van der Waals surface area contributed by atoms with Crippen LogP contribution in [-0.2, 0) is 0 Å². The van der Waals surface area contributed by atoms with Crippen molar-refractivity contribution in [3.05, 3.63) is 41.9 Å². The van der Waals surface area contributed by atoms with E-state index in [0.717, 1.165) is 29.9 Å². The van der Waals surface area contributed by atoms with Crippen molar-refractivity contribution in [2.75, 3.05) is 18.5 Å². The summed E-state index contributed by atoms with van der Waals surface area (Å²) in [5.41, 5.74) is 1.30. The number of nitrogens with one attached hydrogen (secondary N) is 1. The maximum atomic E-state index is 9.13. The van der Waals surface area contributed by atoms with Crippen LogP contribution >= 0.6 is 0 Å². The summed E-state index contributed by atoms with van der Waals surface area (Å²) in [4.78, 5) is 8.21. The zero-order chi connectivity index (χ0) is 18.1. The highest BCUT2D eigenvalue weighted by Crippen LogP contribution is 2.32. The van der Waals surface area contributed by atoms with Gasteiger partial charge in [0.05, 0.1) is 19.3 Å². The number of hydrogen-bond acceptors (Lipinski definition) is 6. The molecule has 0 radical (unpaired) electrons. The molecule has 2 rings (SSSR count). The number of nitrogens with zero attached hydrogens (tertiary/aromatic N) is 3. The number of ether oxygens (including phenoxy) is 2. The van der Waals surface area contributed by atoms with Crippen LogP contribution in [0.2, 0.25) is 0 Å². The minimum Gasteiger partial charge on any atom is -0.490 e. The third-order valence-corrected chi connectivity index (χ3v) is 3.55. The van der Waals surface area contributed by atoms with E-state index in [0.29, 0.717) is 19.0 Å². The molecule has 1 atom stereocenters. The third kappa shape index (κ3) is 5.08. The highest BCUT2D eigenvalue weighted by molar-refractivity contribution is 5.50. The number of aromatic nitrogens is 2. The predicted molar refractivity (Wildman–Crippen MR) is 96.8 cm³/mol. The minimum absolute atomic E-state index is 0.0620. The van der Waals surface area contributed by atoms with Crippen molar-refractivity contribution in [1.82, 2.24) is 9.97 Å². The summed E-state index contributed by atoms with van der Waals surface area (Å²) in [5.74, 6) is 1.96. The number of anilines is 1. The van der Waals surface area contributed by atoms with E-state index in [1.807, 2.05) is 31.2 Å². The molecule has 1 aromatic heterocycles. The molecular weight excluding hydrogens is 316 g/mol. The maximum Gasteiger partial charge on any atom is 0.182 e. The molecule has 0 aliphatic carbocycles. The van der Waals surface area contributed by atoms with E-state index in [1.54, 1.807) is 6.20 Å². The molecule has 2 aromatic rings. The number of nitriles is 1. The van der Waals surface area contributed by atoms with Gasteiger partial charge in [-0.1, -0.05) is 19.9 Å². The molecule has 0 fully saturated rings. The van der Waals surface area contributed by atoms with Crippen molar-refractivity contribution >= 4 is 5.82 Å². The van der Waals surface area contributed by atoms with Crippen molar-refractivity contribution in [3.63, 3.8) is 0 Å². The average Bonchev–Trinajstić information content (AvgIpc) is 2.65. The lowest BCUT2D eigenvalue weighted by atomic mass is 10.1. The summed E-state index contributed by atoms with van der Waals surface area (Å²) < 4.78 is 11.6. The fraction of sp³-hybridized carbons (Fsp3) is 0.421. The molecule has 1 aromatic carbocycles. The maximum absolute atomic E-state index is 9.13. The Hall–Kier alpha value is -2.81. The number of benzene rings is 1. The number of rotatable bonds is 9. The Balaban J connectivity index is 2.20. The lowest BCUT2D eigenvalue weighted by molar-refractivity contribution is 0.268. The zero-order valence-corrected chi connectivity index (χ0v) is 15.0. The van der Waals surface area contributed by atoms with Crippen LogP contribution in [-0.4, -0.2) is 23.2 Å². The molecule has 132 valence electrons. The van der Waals surface area contributed by atoms with Crippen molar-refractivity contribution in [3.8, 4) is 17.6 Å². The first-order chi connectivity index (χ1) is 12.2. The van der Waals surface area contributed by atoms with E-state index in [9.17, 15) is 0 Å². The summed E-state index contributed by atoms with van der Waals surface area (Å²) in [6, 6.07) is 7.87. The molecule has 1 heterocycles. The summed E-state index contributed by atoms with van der Waals surface area (Å²) in [6.45, 7) is 7.43. The lowest BCUT2D eigenvalue weighted by Gasteiger charge is -2.18. The Morgan fingerprint density at radius 3 is 2.44 bits per heavy atom. The lowest BCUT2D eigenvalue weighted by Crippen LogP contribution is -2.10. The molecule has 0 aliphatic rings. The van der Waals surface area contributed by atoms with Gasteiger partial charge in [-0.25, -0.2) is 9.97 Å². The fourth-order valence-corrected chi connectivity index (χ4v) is 2.26. The van der Waals surface area contributed by atoms with Crippen molar-refractivity contribution in [2.45, 2.75) is 39.7 Å². The van der Waals surface area contributed by atoms with Gasteiger partial charge in [-0.3, -0.25) is 0 Å². The van der Waals surface area contributed by atoms with E-state index in [1.165, 1.54) is 6.20 Å². The van der Waals surface area contributed by atoms with Gasteiger partial charge in [0, 0.05) is 12.4 Å². The third-order valence-electron chi connectivity index (χ3n) is 3.55. The summed E-state index contributed by atoms with van der Waals surface area (Å²) >= 11 is 0. The second-order valence-corrected chi connectivity index (χ2v) is 5.63. The smallest absolute Gasteiger partial charge is 0.182 e. The van der Waals surface area contributed by atoms with E-state index in [-0.39, 0.29) is 11.7 Å². The van der Waals surface area contributed by atoms with Crippen molar-refractivity contribution in [2.24, 2.45) is 0 Å². The van der Waals surface area contributed by atoms with Crippen LogP contribution in [0.25, 0.3) is 0 Å². The van der Waals surface area contributed by atoms with Crippen LogP contribution < -0.4 is 14.8 Å². The molecular formula is C19H24N4O2. The largest absolute Gasteiger partial charge is 0.490 e. The van der Waals surface area contributed by atoms with Gasteiger partial charge in [0.2, 0.25) is 0 Å². The first-order valence-corrected chi connectivity index (χ1v) is 8.56. The van der Waals surface area contributed by atoms with Gasteiger partial charge < -0.3 is 14.8 Å². The van der Waals surface area contributed by atoms with Crippen LogP contribution in [0.5, 0.6) is 11.5 Å². The molecule has 6 heteroatoms.